The SMILES string of the molecule is CS(=O)(=O)CCC(=O)N1CCN(CCCc2ccccc2Cl)CC1. The molecule has 5 nitrogen and oxygen atoms in total. The minimum atomic E-state index is -3.08. The molecule has 1 fully saturated rings. The van der Waals surface area contributed by atoms with Gasteiger partial charge in [-0.3, -0.25) is 9.69 Å². The summed E-state index contributed by atoms with van der Waals surface area (Å²) in [5.74, 6) is -0.125. The van der Waals surface area contributed by atoms with E-state index in [9.17, 15) is 13.2 Å². The van der Waals surface area contributed by atoms with Crippen LogP contribution in [0.3, 0.4) is 0 Å². The molecule has 0 saturated carbocycles. The Morgan fingerprint density at radius 1 is 1.17 bits per heavy atom. The van der Waals surface area contributed by atoms with Crippen LogP contribution in [-0.2, 0) is 21.1 Å². The Hall–Kier alpha value is -1.11. The molecule has 1 amide bonds. The van der Waals surface area contributed by atoms with E-state index >= 15 is 0 Å². The van der Waals surface area contributed by atoms with Gasteiger partial charge in [-0.05, 0) is 31.0 Å². The number of piperazine rings is 1. The molecule has 7 heteroatoms. The summed E-state index contributed by atoms with van der Waals surface area (Å²) in [5, 5.41) is 0.818. The van der Waals surface area contributed by atoms with Crippen LogP contribution in [0.1, 0.15) is 18.4 Å². The van der Waals surface area contributed by atoms with Crippen LogP contribution in [0.25, 0.3) is 0 Å². The molecule has 1 saturated heterocycles. The van der Waals surface area contributed by atoms with Crippen LogP contribution in [0.15, 0.2) is 24.3 Å². The third-order valence-electron chi connectivity index (χ3n) is 4.29. The highest BCUT2D eigenvalue weighted by Crippen LogP contribution is 2.17. The maximum Gasteiger partial charge on any atom is 0.223 e. The summed E-state index contributed by atoms with van der Waals surface area (Å²) < 4.78 is 22.3. The Balaban J connectivity index is 1.67. The summed E-state index contributed by atoms with van der Waals surface area (Å²) in [6.07, 6.45) is 3.24. The van der Waals surface area contributed by atoms with Gasteiger partial charge in [0.05, 0.1) is 5.75 Å². The lowest BCUT2D eigenvalue weighted by Crippen LogP contribution is -2.49. The molecule has 134 valence electrons. The molecule has 0 N–H and O–H groups in total. The predicted molar refractivity (Wildman–Crippen MR) is 97.1 cm³/mol. The smallest absolute Gasteiger partial charge is 0.223 e. The monoisotopic (exact) mass is 372 g/mol. The maximum atomic E-state index is 12.0. The van der Waals surface area contributed by atoms with E-state index in [2.05, 4.69) is 11.0 Å². The lowest BCUT2D eigenvalue weighted by Gasteiger charge is -2.34. The fraction of sp³-hybridized carbons (Fsp3) is 0.588. The zero-order chi connectivity index (χ0) is 17.6. The van der Waals surface area contributed by atoms with Gasteiger partial charge in [0.15, 0.2) is 0 Å². The number of rotatable bonds is 7. The Morgan fingerprint density at radius 3 is 2.46 bits per heavy atom. The predicted octanol–water partition coefficient (Wildman–Crippen LogP) is 1.85. The molecule has 0 aromatic heterocycles. The highest BCUT2D eigenvalue weighted by molar-refractivity contribution is 7.90. The van der Waals surface area contributed by atoms with Crippen LogP contribution >= 0.6 is 11.6 Å². The van der Waals surface area contributed by atoms with Gasteiger partial charge in [0.1, 0.15) is 9.84 Å². The van der Waals surface area contributed by atoms with Crippen molar-refractivity contribution < 1.29 is 13.2 Å². The molecule has 0 radical (unpaired) electrons. The minimum Gasteiger partial charge on any atom is -0.340 e. The summed E-state index contributed by atoms with van der Waals surface area (Å²) in [5.41, 5.74) is 1.17. The van der Waals surface area contributed by atoms with E-state index in [4.69, 9.17) is 11.6 Å². The highest BCUT2D eigenvalue weighted by Gasteiger charge is 2.21. The number of nitrogens with zero attached hydrogens (tertiary/aromatic N) is 2. The first-order valence-electron chi connectivity index (χ1n) is 8.26. The molecule has 2 rings (SSSR count). The van der Waals surface area contributed by atoms with E-state index < -0.39 is 9.84 Å². The second-order valence-electron chi connectivity index (χ2n) is 6.30. The van der Waals surface area contributed by atoms with Gasteiger partial charge in [0, 0.05) is 43.9 Å². The first kappa shape index (κ1) is 19.2. The van der Waals surface area contributed by atoms with Gasteiger partial charge < -0.3 is 4.90 Å². The molecule has 1 aliphatic rings. The van der Waals surface area contributed by atoms with E-state index in [-0.39, 0.29) is 18.1 Å². The van der Waals surface area contributed by atoms with Crippen molar-refractivity contribution >= 4 is 27.3 Å². The van der Waals surface area contributed by atoms with E-state index in [1.165, 1.54) is 5.56 Å². The number of carbonyl (C=O) groups is 1. The van der Waals surface area contributed by atoms with Crippen LogP contribution in [0.2, 0.25) is 5.02 Å². The molecular formula is C17H25ClN2O3S. The van der Waals surface area contributed by atoms with Crippen LogP contribution < -0.4 is 0 Å². The second kappa shape index (κ2) is 8.83. The third-order valence-corrected chi connectivity index (χ3v) is 5.60. The lowest BCUT2D eigenvalue weighted by molar-refractivity contribution is -0.132. The zero-order valence-electron chi connectivity index (χ0n) is 14.1. The summed E-state index contributed by atoms with van der Waals surface area (Å²) in [4.78, 5) is 16.1. The van der Waals surface area contributed by atoms with Crippen molar-refractivity contribution in [2.24, 2.45) is 0 Å². The topological polar surface area (TPSA) is 57.7 Å². The summed E-state index contributed by atoms with van der Waals surface area (Å²) in [6, 6.07) is 7.91. The van der Waals surface area contributed by atoms with Gasteiger partial charge in [-0.25, -0.2) is 8.42 Å². The quantitative estimate of drug-likeness (QED) is 0.733. The average Bonchev–Trinajstić information content (AvgIpc) is 2.54. The number of hydrogen-bond donors (Lipinski definition) is 0. The molecule has 1 heterocycles. The molecule has 1 aromatic carbocycles. The van der Waals surface area contributed by atoms with E-state index in [0.717, 1.165) is 43.8 Å². The van der Waals surface area contributed by atoms with Crippen molar-refractivity contribution in [3.63, 3.8) is 0 Å². The summed E-state index contributed by atoms with van der Waals surface area (Å²) in [6.45, 7) is 4.01. The van der Waals surface area contributed by atoms with Gasteiger partial charge in [0.2, 0.25) is 5.91 Å². The molecule has 24 heavy (non-hydrogen) atoms. The van der Waals surface area contributed by atoms with Crippen molar-refractivity contribution in [1.29, 1.82) is 0 Å². The molecule has 1 aliphatic heterocycles. The van der Waals surface area contributed by atoms with Crippen LogP contribution in [-0.4, -0.2) is 68.9 Å². The number of amides is 1. The fourth-order valence-corrected chi connectivity index (χ4v) is 3.62. The molecule has 0 aliphatic carbocycles. The van der Waals surface area contributed by atoms with Gasteiger partial charge in [-0.1, -0.05) is 29.8 Å². The van der Waals surface area contributed by atoms with Gasteiger partial charge in [0.25, 0.3) is 0 Å². The highest BCUT2D eigenvalue weighted by atomic mass is 35.5. The minimum absolute atomic E-state index is 0.0591. The first-order chi connectivity index (χ1) is 11.3. The number of sulfone groups is 1. The maximum absolute atomic E-state index is 12.0. The molecule has 0 unspecified atom stereocenters. The Kier molecular flexibility index (Phi) is 7.07. The van der Waals surface area contributed by atoms with Crippen molar-refractivity contribution in [1.82, 2.24) is 9.80 Å². The number of benzene rings is 1. The van der Waals surface area contributed by atoms with Crippen molar-refractivity contribution in [2.75, 3.05) is 44.7 Å². The van der Waals surface area contributed by atoms with Gasteiger partial charge in [-0.2, -0.15) is 0 Å². The third kappa shape index (κ3) is 6.42. The normalized spacial score (nSPS) is 16.3. The number of carbonyl (C=O) groups excluding carboxylic acids is 1. The second-order valence-corrected chi connectivity index (χ2v) is 8.96. The fourth-order valence-electron chi connectivity index (χ4n) is 2.85. The molecule has 1 aromatic rings. The Labute approximate surface area is 149 Å². The average molecular weight is 373 g/mol. The molecule has 0 spiro atoms. The van der Waals surface area contributed by atoms with E-state index in [1.54, 1.807) is 4.90 Å². The zero-order valence-corrected chi connectivity index (χ0v) is 15.7. The summed E-state index contributed by atoms with van der Waals surface area (Å²) >= 11 is 6.16. The summed E-state index contributed by atoms with van der Waals surface area (Å²) in [7, 11) is -3.08. The van der Waals surface area contributed by atoms with Gasteiger partial charge >= 0.3 is 0 Å². The van der Waals surface area contributed by atoms with E-state index in [1.807, 2.05) is 18.2 Å². The van der Waals surface area contributed by atoms with Crippen molar-refractivity contribution in [3.8, 4) is 0 Å². The first-order valence-corrected chi connectivity index (χ1v) is 10.7. The van der Waals surface area contributed by atoms with Crippen LogP contribution in [0.5, 0.6) is 0 Å². The lowest BCUT2D eigenvalue weighted by atomic mass is 10.1. The Morgan fingerprint density at radius 2 is 1.83 bits per heavy atom. The standard InChI is InChI=1S/C17H25ClN2O3S/c1-24(22,23)14-8-17(21)20-12-10-19(11-13-20)9-4-6-15-5-2-3-7-16(15)18/h2-3,5,7H,4,6,8-14H2,1H3. The largest absolute Gasteiger partial charge is 0.340 e. The molecule has 0 bridgehead atoms. The number of hydrogen-bond acceptors (Lipinski definition) is 4. The van der Waals surface area contributed by atoms with Crippen molar-refractivity contribution in [2.45, 2.75) is 19.3 Å². The van der Waals surface area contributed by atoms with Crippen molar-refractivity contribution in [3.05, 3.63) is 34.9 Å². The molecular weight excluding hydrogens is 348 g/mol. The molecule has 0 atom stereocenters. The Bertz CT molecular complexity index is 656. The van der Waals surface area contributed by atoms with Gasteiger partial charge in [-0.15, -0.1) is 0 Å². The number of aryl methyl sites for hydroxylation is 1. The van der Waals surface area contributed by atoms with E-state index in [0.29, 0.717) is 13.1 Å². The number of halogens is 1. The van der Waals surface area contributed by atoms with Crippen LogP contribution in [0, 0.1) is 0 Å². The van der Waals surface area contributed by atoms with Crippen LogP contribution in [0.4, 0.5) is 0 Å².